The second-order valence-electron chi connectivity index (χ2n) is 14.7. The molecule has 10 rings (SSSR count). The van der Waals surface area contributed by atoms with Crippen LogP contribution < -0.4 is 0 Å². The smallest absolute Gasteiger partial charge is 0.0931 e. The summed E-state index contributed by atoms with van der Waals surface area (Å²) in [6.07, 6.45) is 2.02. The SMILES string of the molecule is CN1C2=C(N=C(C3CCc4cc5ccccc5cc4-c4ccccc43)C1c1ccc3ccc4ccccc4c3c1)C(C)(C)c1ccccc12. The third-order valence-electron chi connectivity index (χ3n) is 11.7. The minimum Gasteiger partial charge on any atom is -0.360 e. The van der Waals surface area contributed by atoms with Crippen molar-refractivity contribution in [3.63, 3.8) is 0 Å². The Morgan fingerprint density at radius 2 is 1.27 bits per heavy atom. The number of hydrogen-bond acceptors (Lipinski definition) is 2. The number of rotatable bonds is 2. The van der Waals surface area contributed by atoms with Crippen LogP contribution in [0.3, 0.4) is 0 Å². The monoisotopic (exact) mass is 630 g/mol. The first-order chi connectivity index (χ1) is 24.0. The molecule has 7 aromatic rings. The van der Waals surface area contributed by atoms with Crippen LogP contribution in [0.2, 0.25) is 0 Å². The highest BCUT2D eigenvalue weighted by Crippen LogP contribution is 2.54. The van der Waals surface area contributed by atoms with Gasteiger partial charge in [0.1, 0.15) is 0 Å². The van der Waals surface area contributed by atoms with Gasteiger partial charge in [-0.25, -0.2) is 0 Å². The van der Waals surface area contributed by atoms with Crippen LogP contribution in [0.1, 0.15) is 60.0 Å². The van der Waals surface area contributed by atoms with Crippen molar-refractivity contribution in [1.82, 2.24) is 4.90 Å². The maximum atomic E-state index is 5.90. The van der Waals surface area contributed by atoms with Gasteiger partial charge in [-0.2, -0.15) is 0 Å². The summed E-state index contributed by atoms with van der Waals surface area (Å²) in [5, 5.41) is 7.76. The fourth-order valence-electron chi connectivity index (χ4n) is 9.26. The van der Waals surface area contributed by atoms with Crippen molar-refractivity contribution in [2.24, 2.45) is 4.99 Å². The summed E-state index contributed by atoms with van der Waals surface area (Å²) in [4.78, 5) is 8.46. The van der Waals surface area contributed by atoms with Crippen molar-refractivity contribution in [1.29, 1.82) is 0 Å². The molecule has 3 aliphatic rings. The molecule has 236 valence electrons. The lowest BCUT2D eigenvalue weighted by molar-refractivity contribution is 0.415. The van der Waals surface area contributed by atoms with Crippen molar-refractivity contribution in [2.75, 3.05) is 7.05 Å². The van der Waals surface area contributed by atoms with Crippen LogP contribution in [0, 0.1) is 0 Å². The van der Waals surface area contributed by atoms with E-state index < -0.39 is 0 Å². The fraction of sp³-hybridized carbons (Fsp3) is 0.170. The van der Waals surface area contributed by atoms with Crippen LogP contribution >= 0.6 is 0 Å². The summed E-state index contributed by atoms with van der Waals surface area (Å²) in [6, 6.07) is 52.1. The van der Waals surface area contributed by atoms with Gasteiger partial charge in [-0.15, -0.1) is 0 Å². The Kier molecular flexibility index (Phi) is 6.12. The average Bonchev–Trinajstić information content (AvgIpc) is 3.26. The largest absolute Gasteiger partial charge is 0.360 e. The molecule has 0 fully saturated rings. The lowest BCUT2D eigenvalue weighted by Crippen LogP contribution is -2.37. The van der Waals surface area contributed by atoms with Gasteiger partial charge < -0.3 is 4.90 Å². The van der Waals surface area contributed by atoms with Gasteiger partial charge >= 0.3 is 0 Å². The first-order valence-electron chi connectivity index (χ1n) is 17.7. The summed E-state index contributed by atoms with van der Waals surface area (Å²) in [5.74, 6) is 0.163. The van der Waals surface area contributed by atoms with Crippen molar-refractivity contribution in [3.05, 3.63) is 173 Å². The van der Waals surface area contributed by atoms with Crippen molar-refractivity contribution in [2.45, 2.75) is 44.1 Å². The van der Waals surface area contributed by atoms with E-state index in [-0.39, 0.29) is 17.4 Å². The normalized spacial score (nSPS) is 19.3. The van der Waals surface area contributed by atoms with E-state index in [1.165, 1.54) is 88.4 Å². The highest BCUT2D eigenvalue weighted by atomic mass is 15.2. The van der Waals surface area contributed by atoms with Gasteiger partial charge in [0.05, 0.1) is 23.1 Å². The molecule has 0 spiro atoms. The highest BCUT2D eigenvalue weighted by Gasteiger charge is 2.46. The predicted octanol–water partition coefficient (Wildman–Crippen LogP) is 11.6. The molecule has 2 unspecified atom stereocenters. The van der Waals surface area contributed by atoms with E-state index in [1.807, 2.05) is 0 Å². The molecular formula is C47H38N2. The number of allylic oxidation sites excluding steroid dienone is 1. The highest BCUT2D eigenvalue weighted by molar-refractivity contribution is 6.09. The first-order valence-corrected chi connectivity index (χ1v) is 17.7. The summed E-state index contributed by atoms with van der Waals surface area (Å²) in [6.45, 7) is 4.71. The number of aryl methyl sites for hydroxylation is 1. The predicted molar refractivity (Wildman–Crippen MR) is 206 cm³/mol. The Morgan fingerprint density at radius 3 is 2.10 bits per heavy atom. The molecule has 0 amide bonds. The van der Waals surface area contributed by atoms with E-state index in [0.717, 1.165) is 12.8 Å². The van der Waals surface area contributed by atoms with Crippen LogP contribution in [0.25, 0.3) is 49.1 Å². The molecule has 49 heavy (non-hydrogen) atoms. The van der Waals surface area contributed by atoms with Gasteiger partial charge in [0.15, 0.2) is 0 Å². The van der Waals surface area contributed by atoms with E-state index in [2.05, 4.69) is 165 Å². The van der Waals surface area contributed by atoms with Gasteiger partial charge in [0.2, 0.25) is 0 Å². The lowest BCUT2D eigenvalue weighted by Gasteiger charge is -2.40. The molecule has 0 N–H and O–H groups in total. The van der Waals surface area contributed by atoms with E-state index in [0.29, 0.717) is 0 Å². The maximum Gasteiger partial charge on any atom is 0.0931 e. The third-order valence-corrected chi connectivity index (χ3v) is 11.7. The second kappa shape index (κ2) is 10.5. The molecule has 0 radical (unpaired) electrons. The molecular weight excluding hydrogens is 593 g/mol. The van der Waals surface area contributed by atoms with E-state index in [9.17, 15) is 0 Å². The van der Waals surface area contributed by atoms with Crippen molar-refractivity contribution in [3.8, 4) is 11.1 Å². The van der Waals surface area contributed by atoms with Gasteiger partial charge in [0.25, 0.3) is 0 Å². The van der Waals surface area contributed by atoms with E-state index in [4.69, 9.17) is 4.99 Å². The molecule has 7 aromatic carbocycles. The molecule has 0 bridgehead atoms. The zero-order valence-corrected chi connectivity index (χ0v) is 28.2. The van der Waals surface area contributed by atoms with Crippen LogP contribution in [0.5, 0.6) is 0 Å². The van der Waals surface area contributed by atoms with Crippen molar-refractivity contribution < 1.29 is 0 Å². The van der Waals surface area contributed by atoms with E-state index in [1.54, 1.807) is 0 Å². The summed E-state index contributed by atoms with van der Waals surface area (Å²) >= 11 is 0. The number of fused-ring (bicyclic) bond motifs is 9. The Hall–Kier alpha value is -5.47. The molecule has 1 heterocycles. The number of hydrogen-bond donors (Lipinski definition) is 0. The van der Waals surface area contributed by atoms with E-state index >= 15 is 0 Å². The summed E-state index contributed by atoms with van der Waals surface area (Å²) in [7, 11) is 2.31. The fourth-order valence-corrected chi connectivity index (χ4v) is 9.26. The standard InChI is InChI=1S/C47H38N2/c1-47(2)42-19-11-10-18-39(42)45-46(47)48-43(44(49(45)3)34-23-22-30-21-20-29-12-6-7-15-35(29)40(30)28-34)38-25-24-33-26-31-13-4-5-14-32(31)27-41(33)37-17-9-8-16-36(37)38/h4-23,26-28,38,44H,24-25H2,1-3H3. The second-order valence-corrected chi connectivity index (χ2v) is 14.7. The van der Waals surface area contributed by atoms with Gasteiger partial charge in [-0.1, -0.05) is 141 Å². The zero-order chi connectivity index (χ0) is 32.9. The lowest BCUT2D eigenvalue weighted by atomic mass is 9.80. The topological polar surface area (TPSA) is 15.6 Å². The average molecular weight is 631 g/mol. The Balaban J connectivity index is 1.21. The van der Waals surface area contributed by atoms with Crippen LogP contribution in [-0.2, 0) is 11.8 Å². The molecule has 0 saturated heterocycles. The molecule has 0 saturated carbocycles. The quantitative estimate of drug-likeness (QED) is 0.174. The Morgan fingerprint density at radius 1 is 0.612 bits per heavy atom. The third kappa shape index (κ3) is 4.16. The number of benzene rings is 7. The zero-order valence-electron chi connectivity index (χ0n) is 28.2. The van der Waals surface area contributed by atoms with Gasteiger partial charge in [0, 0.05) is 23.9 Å². The molecule has 0 aromatic heterocycles. The molecule has 2 nitrogen and oxygen atoms in total. The minimum absolute atomic E-state index is 0.0117. The van der Waals surface area contributed by atoms with Crippen molar-refractivity contribution >= 4 is 43.7 Å². The summed E-state index contributed by atoms with van der Waals surface area (Å²) < 4.78 is 0. The Bertz CT molecular complexity index is 2570. The Labute approximate surface area is 288 Å². The molecule has 2 atom stereocenters. The van der Waals surface area contributed by atoms with Crippen LogP contribution in [0.15, 0.2) is 150 Å². The molecule has 2 heteroatoms. The minimum atomic E-state index is -0.194. The molecule has 1 aliphatic heterocycles. The van der Waals surface area contributed by atoms with Gasteiger partial charge in [-0.05, 0) is 90.7 Å². The molecule has 2 aliphatic carbocycles. The first kappa shape index (κ1) is 28.5. The number of nitrogens with zero attached hydrogens (tertiary/aromatic N) is 2. The summed E-state index contributed by atoms with van der Waals surface area (Å²) in [5.41, 5.74) is 13.0. The van der Waals surface area contributed by atoms with Crippen LogP contribution in [0.4, 0.5) is 0 Å². The van der Waals surface area contributed by atoms with Gasteiger partial charge in [-0.3, -0.25) is 4.99 Å². The maximum absolute atomic E-state index is 5.90. The van der Waals surface area contributed by atoms with Crippen LogP contribution in [-0.4, -0.2) is 17.7 Å². The number of aliphatic imine (C=N–C) groups is 1.